The molecule has 0 radical (unpaired) electrons. The minimum Gasteiger partial charge on any atom is -0.496 e. The zero-order valence-electron chi connectivity index (χ0n) is 39.9. The molecule has 0 bridgehead atoms. The molecule has 0 saturated carbocycles. The fourth-order valence-corrected chi connectivity index (χ4v) is 9.54. The van der Waals surface area contributed by atoms with Gasteiger partial charge in [0.05, 0.1) is 46.7 Å². The van der Waals surface area contributed by atoms with Gasteiger partial charge < -0.3 is 46.9 Å². The van der Waals surface area contributed by atoms with Gasteiger partial charge in [-0.2, -0.15) is 0 Å². The van der Waals surface area contributed by atoms with E-state index >= 15 is 0 Å². The molecule has 2 fully saturated rings. The summed E-state index contributed by atoms with van der Waals surface area (Å²) < 4.78 is 40.3. The van der Waals surface area contributed by atoms with Crippen LogP contribution in [0.4, 0.5) is 31.8 Å². The van der Waals surface area contributed by atoms with Crippen LogP contribution in [0.3, 0.4) is 0 Å². The van der Waals surface area contributed by atoms with E-state index in [0.717, 1.165) is 24.2 Å². The van der Waals surface area contributed by atoms with Gasteiger partial charge >= 0.3 is 0 Å². The number of aliphatic hydroxyl groups is 1. The van der Waals surface area contributed by atoms with Crippen molar-refractivity contribution in [1.82, 2.24) is 40.0 Å². The predicted molar refractivity (Wildman–Crippen MR) is 268 cm³/mol. The first-order valence-electron chi connectivity index (χ1n) is 22.7. The summed E-state index contributed by atoms with van der Waals surface area (Å²) >= 11 is 11.9. The van der Waals surface area contributed by atoms with Crippen LogP contribution >= 0.6 is 23.2 Å². The average molecular weight is 1020 g/mol. The number of carbonyl (C=O) groups excluding carboxylic acids is 3. The van der Waals surface area contributed by atoms with Crippen LogP contribution in [-0.4, -0.2) is 129 Å². The number of likely N-dealkylation sites (tertiary alicyclic amines) is 1. The van der Waals surface area contributed by atoms with Crippen molar-refractivity contribution in [1.29, 1.82) is 0 Å². The highest BCUT2D eigenvalue weighted by molar-refractivity contribution is 6.31. The van der Waals surface area contributed by atoms with Gasteiger partial charge in [-0.1, -0.05) is 35.3 Å². The molecule has 4 heterocycles. The van der Waals surface area contributed by atoms with Crippen LogP contribution in [0.25, 0.3) is 21.8 Å². The molecule has 4 aromatic carbocycles. The van der Waals surface area contributed by atoms with E-state index in [1.54, 1.807) is 55.5 Å². The summed E-state index contributed by atoms with van der Waals surface area (Å²) in [7, 11) is 6.81. The highest BCUT2D eigenvalue weighted by atomic mass is 35.5. The zero-order chi connectivity index (χ0) is 51.2. The van der Waals surface area contributed by atoms with Crippen LogP contribution in [0.2, 0.25) is 10.0 Å². The molecule has 0 aliphatic carbocycles. The smallest absolute Gasteiger partial charge is 0.251 e. The van der Waals surface area contributed by atoms with Gasteiger partial charge in [0.1, 0.15) is 53.0 Å². The number of aliphatic hydroxyl groups excluding tert-OH is 1. The van der Waals surface area contributed by atoms with Crippen molar-refractivity contribution >= 4 is 85.7 Å². The van der Waals surface area contributed by atoms with E-state index in [1.165, 1.54) is 38.8 Å². The Morgan fingerprint density at radius 2 is 1.17 bits per heavy atom. The molecule has 22 heteroatoms. The molecule has 2 aliphatic rings. The zero-order valence-corrected chi connectivity index (χ0v) is 41.4. The Labute approximate surface area is 419 Å². The van der Waals surface area contributed by atoms with Gasteiger partial charge in [0.2, 0.25) is 11.8 Å². The first kappa shape index (κ1) is 52.3. The Morgan fingerprint density at radius 1 is 0.746 bits per heavy atom. The van der Waals surface area contributed by atoms with Crippen LogP contribution in [0.15, 0.2) is 73.3 Å². The number of nitrogens with one attached hydrogen (secondary N) is 3. The number of anilines is 4. The Bertz CT molecular complexity index is 2940. The van der Waals surface area contributed by atoms with Gasteiger partial charge in [0, 0.05) is 60.2 Å². The third-order valence-corrected chi connectivity index (χ3v) is 14.0. The number of halogens is 4. The van der Waals surface area contributed by atoms with Crippen molar-refractivity contribution in [2.24, 2.45) is 11.5 Å². The number of amides is 3. The maximum absolute atomic E-state index is 14.6. The number of carbonyl (C=O) groups is 3. The van der Waals surface area contributed by atoms with Crippen LogP contribution in [0.5, 0.6) is 11.5 Å². The Hall–Kier alpha value is -6.55. The summed E-state index contributed by atoms with van der Waals surface area (Å²) in [4.78, 5) is 60.0. The second-order valence-electron chi connectivity index (χ2n) is 17.5. The summed E-state index contributed by atoms with van der Waals surface area (Å²) in [5.41, 5.74) is 13.1. The number of hydrogen-bond acceptors (Lipinski definition) is 15. The molecule has 8 rings (SSSR count). The molecule has 1 atom stereocenters. The summed E-state index contributed by atoms with van der Waals surface area (Å²) in [5.74, 6) is -0.397. The van der Waals surface area contributed by atoms with Gasteiger partial charge in [0.25, 0.3) is 5.91 Å². The number of likely N-dealkylation sites (N-methyl/N-ethyl adjacent to an activating group) is 2. The normalized spacial score (nSPS) is 15.7. The van der Waals surface area contributed by atoms with E-state index in [2.05, 4.69) is 35.9 Å². The molecule has 0 spiro atoms. The predicted octanol–water partition coefficient (Wildman–Crippen LogP) is 6.05. The minimum atomic E-state index is -1.11. The third-order valence-electron chi connectivity index (χ3n) is 13.4. The van der Waals surface area contributed by atoms with Gasteiger partial charge in [-0.15, -0.1) is 0 Å². The van der Waals surface area contributed by atoms with E-state index in [9.17, 15) is 28.3 Å². The topological polar surface area (TPSA) is 239 Å². The average Bonchev–Trinajstić information content (AvgIpc) is 3.36. The number of nitrogens with zero attached hydrogens (tertiary/aromatic N) is 7. The lowest BCUT2D eigenvalue weighted by molar-refractivity contribution is -0.146. The van der Waals surface area contributed by atoms with Gasteiger partial charge in [-0.05, 0) is 96.2 Å². The van der Waals surface area contributed by atoms with Crippen molar-refractivity contribution in [2.45, 2.75) is 62.9 Å². The summed E-state index contributed by atoms with van der Waals surface area (Å²) in [6.45, 7) is 4.14. The fourth-order valence-electron chi connectivity index (χ4n) is 9.19. The van der Waals surface area contributed by atoms with Crippen LogP contribution in [-0.2, 0) is 27.5 Å². The van der Waals surface area contributed by atoms with Crippen molar-refractivity contribution in [3.63, 3.8) is 0 Å². The van der Waals surface area contributed by atoms with E-state index in [-0.39, 0.29) is 39.8 Å². The van der Waals surface area contributed by atoms with E-state index in [4.69, 9.17) is 44.1 Å². The number of piperidine rings is 2. The van der Waals surface area contributed by atoms with Gasteiger partial charge in [-0.3, -0.25) is 24.2 Å². The van der Waals surface area contributed by atoms with E-state index < -0.39 is 34.7 Å². The maximum atomic E-state index is 14.6. The summed E-state index contributed by atoms with van der Waals surface area (Å²) in [6, 6.07) is 16.6. The Balaban J connectivity index is 0.000000211. The van der Waals surface area contributed by atoms with Crippen LogP contribution in [0.1, 0.15) is 43.7 Å². The monoisotopic (exact) mass is 1020 g/mol. The molecule has 2 aliphatic heterocycles. The van der Waals surface area contributed by atoms with Crippen molar-refractivity contribution in [3.8, 4) is 11.5 Å². The number of nitrogens with two attached hydrogens (primary N) is 2. The molecular weight excluding hydrogens is 962 g/mol. The first-order valence-corrected chi connectivity index (χ1v) is 23.4. The van der Waals surface area contributed by atoms with Crippen molar-refractivity contribution in [3.05, 3.63) is 106 Å². The molecule has 3 amide bonds. The molecular formula is C49H56Cl2F2N12O6. The van der Waals surface area contributed by atoms with Crippen molar-refractivity contribution < 1.29 is 37.7 Å². The van der Waals surface area contributed by atoms with E-state index in [0.29, 0.717) is 90.3 Å². The molecule has 8 N–H and O–H groups in total. The number of fused-ring (bicyclic) bond motifs is 2. The number of methoxy groups -OCH3 is 2. The highest BCUT2D eigenvalue weighted by Gasteiger charge is 2.45. The standard InChI is InChI=1S/C26H30ClFN6O4.C23H26ClFN6O2/c1-15(35)24(36)34-9-7-26(8-10-34,25(29)37)33(2)13-16-11-17-20(12-21(16)38-3)30-14-31-23(17)32-19-6-4-5-18(27)22(19)28;1-31(23(22(26)32)6-8-27-9-7-23)12-14-10-15-18(11-19(14)33-2)28-13-29-21(15)30-17-5-3-4-16(24)20(17)25/h4-6,11-12,14-15,35H,7-10,13H2,1-3H3,(H2,29,37)(H,30,31,32);3-5,10-11,13,27H,6-9,12H2,1-2H3,(H2,26,32)(H,28,29,30)/t15-;/m0./s1. The molecule has 18 nitrogen and oxygen atoms in total. The molecule has 2 saturated heterocycles. The second-order valence-corrected chi connectivity index (χ2v) is 18.3. The minimum absolute atomic E-state index is 0.0149. The second kappa shape index (κ2) is 22.3. The van der Waals surface area contributed by atoms with Gasteiger partial charge in [0.15, 0.2) is 11.6 Å². The van der Waals surface area contributed by atoms with Crippen LogP contribution < -0.4 is 36.9 Å². The number of primary amides is 2. The summed E-state index contributed by atoms with van der Waals surface area (Å²) in [5, 5.41) is 20.2. The van der Waals surface area contributed by atoms with Crippen molar-refractivity contribution in [2.75, 3.05) is 65.1 Å². The third kappa shape index (κ3) is 11.0. The molecule has 2 aromatic heterocycles. The summed E-state index contributed by atoms with van der Waals surface area (Å²) in [6.07, 6.45) is 3.53. The number of rotatable bonds is 15. The highest BCUT2D eigenvalue weighted by Crippen LogP contribution is 2.37. The SMILES string of the molecule is COc1cc2ncnc(Nc3cccc(Cl)c3F)c2cc1CN(C)C1(C(N)=O)CCN(C(=O)[C@H](C)O)CC1.COc1cc2ncnc(Nc3cccc(Cl)c3F)c2cc1CN(C)C1(C(N)=O)CCNCC1. The molecule has 0 unspecified atom stereocenters. The molecule has 376 valence electrons. The van der Waals surface area contributed by atoms with Gasteiger partial charge in [-0.25, -0.2) is 28.7 Å². The largest absolute Gasteiger partial charge is 0.496 e. The molecule has 6 aromatic rings. The fraction of sp³-hybridized carbons (Fsp3) is 0.367. The Morgan fingerprint density at radius 3 is 1.56 bits per heavy atom. The lowest BCUT2D eigenvalue weighted by Crippen LogP contribution is -2.62. The van der Waals surface area contributed by atoms with E-state index in [1.807, 2.05) is 29.0 Å². The van der Waals surface area contributed by atoms with Crippen LogP contribution in [0, 0.1) is 11.6 Å². The number of hydrogen-bond donors (Lipinski definition) is 6. The first-order chi connectivity index (χ1) is 33.9. The number of benzene rings is 4. The molecule has 71 heavy (non-hydrogen) atoms. The quantitative estimate of drug-likeness (QED) is 0.0687. The number of aromatic nitrogens is 4. The number of ether oxygens (including phenoxy) is 2. The Kier molecular flexibility index (Phi) is 16.4. The lowest BCUT2D eigenvalue weighted by atomic mass is 9.84. The lowest BCUT2D eigenvalue weighted by Gasteiger charge is -2.45. The maximum Gasteiger partial charge on any atom is 0.251 e.